The summed E-state index contributed by atoms with van der Waals surface area (Å²) in [6.07, 6.45) is 6.64. The van der Waals surface area contributed by atoms with Gasteiger partial charge in [0.15, 0.2) is 0 Å². The number of nitrogens with zero attached hydrogens (tertiary/aromatic N) is 1. The standard InChI is InChI=1S/C24H33N3O3/c1-3-4-5-6-7-17-25-24(29)27(2)22-10-8-9-21(18-22)20-14-11-19(12-15-20)13-16-23(28)26-30/h8-12,14-15,18,30H,3-7,13,16-17H2,1-2H3,(H,25,29)(H,26,28). The minimum absolute atomic E-state index is 0.0971. The van der Waals surface area contributed by atoms with Crippen LogP contribution in [0.15, 0.2) is 48.5 Å². The summed E-state index contributed by atoms with van der Waals surface area (Å²) in [6, 6.07) is 15.7. The second-order valence-electron chi connectivity index (χ2n) is 7.49. The fraction of sp³-hybridized carbons (Fsp3) is 0.417. The first-order chi connectivity index (χ1) is 14.5. The van der Waals surface area contributed by atoms with Crippen LogP contribution in [0, 0.1) is 0 Å². The lowest BCUT2D eigenvalue weighted by atomic mass is 10.0. The van der Waals surface area contributed by atoms with E-state index in [2.05, 4.69) is 12.2 Å². The topological polar surface area (TPSA) is 81.7 Å². The third-order valence-electron chi connectivity index (χ3n) is 5.15. The minimum atomic E-state index is -0.394. The Bertz CT molecular complexity index is 806. The van der Waals surface area contributed by atoms with Gasteiger partial charge in [0.1, 0.15) is 0 Å². The maximum Gasteiger partial charge on any atom is 0.321 e. The molecule has 6 heteroatoms. The van der Waals surface area contributed by atoms with Crippen LogP contribution < -0.4 is 15.7 Å². The van der Waals surface area contributed by atoms with Crippen LogP contribution in [-0.2, 0) is 11.2 Å². The molecule has 0 bridgehead atoms. The van der Waals surface area contributed by atoms with Crippen LogP contribution in [0.25, 0.3) is 11.1 Å². The van der Waals surface area contributed by atoms with E-state index in [1.165, 1.54) is 19.3 Å². The van der Waals surface area contributed by atoms with Gasteiger partial charge >= 0.3 is 6.03 Å². The minimum Gasteiger partial charge on any atom is -0.338 e. The highest BCUT2D eigenvalue weighted by molar-refractivity contribution is 5.92. The van der Waals surface area contributed by atoms with Gasteiger partial charge in [0, 0.05) is 25.7 Å². The zero-order valence-corrected chi connectivity index (χ0v) is 18.0. The number of unbranched alkanes of at least 4 members (excludes halogenated alkanes) is 4. The predicted octanol–water partition coefficient (Wildman–Crippen LogP) is 4.91. The number of carbonyl (C=O) groups excluding carboxylic acids is 2. The Balaban J connectivity index is 1.93. The molecule has 0 radical (unpaired) electrons. The quantitative estimate of drug-likeness (QED) is 0.279. The number of hydroxylamine groups is 1. The Morgan fingerprint density at radius 3 is 2.40 bits per heavy atom. The molecule has 2 rings (SSSR count). The molecule has 0 aliphatic carbocycles. The molecule has 0 spiro atoms. The number of hydrogen-bond acceptors (Lipinski definition) is 3. The zero-order valence-electron chi connectivity index (χ0n) is 18.0. The van der Waals surface area contributed by atoms with Crippen LogP contribution in [0.5, 0.6) is 0 Å². The summed E-state index contributed by atoms with van der Waals surface area (Å²) in [6.45, 7) is 2.89. The van der Waals surface area contributed by atoms with E-state index in [0.717, 1.165) is 35.2 Å². The van der Waals surface area contributed by atoms with Gasteiger partial charge in [-0.25, -0.2) is 10.3 Å². The second-order valence-corrected chi connectivity index (χ2v) is 7.49. The van der Waals surface area contributed by atoms with Crippen LogP contribution in [-0.4, -0.2) is 30.7 Å². The van der Waals surface area contributed by atoms with Gasteiger partial charge < -0.3 is 5.32 Å². The molecule has 0 unspecified atom stereocenters. The molecule has 2 aromatic rings. The molecule has 162 valence electrons. The highest BCUT2D eigenvalue weighted by atomic mass is 16.5. The van der Waals surface area contributed by atoms with Gasteiger partial charge in [0.25, 0.3) is 0 Å². The van der Waals surface area contributed by atoms with Crippen molar-refractivity contribution >= 4 is 17.6 Å². The smallest absolute Gasteiger partial charge is 0.321 e. The largest absolute Gasteiger partial charge is 0.338 e. The van der Waals surface area contributed by atoms with Crippen LogP contribution in [0.4, 0.5) is 10.5 Å². The third-order valence-corrected chi connectivity index (χ3v) is 5.15. The number of amides is 3. The fourth-order valence-corrected chi connectivity index (χ4v) is 3.23. The van der Waals surface area contributed by atoms with Crippen LogP contribution in [0.3, 0.4) is 0 Å². The predicted molar refractivity (Wildman–Crippen MR) is 121 cm³/mol. The van der Waals surface area contributed by atoms with Gasteiger partial charge in [0.05, 0.1) is 0 Å². The highest BCUT2D eigenvalue weighted by Gasteiger charge is 2.11. The van der Waals surface area contributed by atoms with Crippen molar-refractivity contribution in [1.82, 2.24) is 10.8 Å². The van der Waals surface area contributed by atoms with Crippen molar-refractivity contribution in [3.63, 3.8) is 0 Å². The number of anilines is 1. The van der Waals surface area contributed by atoms with Crippen molar-refractivity contribution in [2.45, 2.75) is 51.9 Å². The van der Waals surface area contributed by atoms with Crippen LogP contribution in [0.2, 0.25) is 0 Å². The Kier molecular flexibility index (Phi) is 9.87. The lowest BCUT2D eigenvalue weighted by Crippen LogP contribution is -2.37. The number of benzene rings is 2. The van der Waals surface area contributed by atoms with Gasteiger partial charge in [-0.2, -0.15) is 0 Å². The van der Waals surface area contributed by atoms with E-state index < -0.39 is 5.91 Å². The monoisotopic (exact) mass is 411 g/mol. The third kappa shape index (κ3) is 7.52. The summed E-state index contributed by atoms with van der Waals surface area (Å²) >= 11 is 0. The molecule has 3 amide bonds. The van der Waals surface area contributed by atoms with Crippen LogP contribution >= 0.6 is 0 Å². The number of nitrogens with one attached hydrogen (secondary N) is 2. The summed E-state index contributed by atoms with van der Waals surface area (Å²) in [5.41, 5.74) is 5.56. The number of hydrogen-bond donors (Lipinski definition) is 3. The molecule has 0 aliphatic rings. The molecule has 6 nitrogen and oxygen atoms in total. The Morgan fingerprint density at radius 1 is 0.967 bits per heavy atom. The Labute approximate surface area is 179 Å². The molecule has 2 aromatic carbocycles. The second kappa shape index (κ2) is 12.6. The van der Waals surface area contributed by atoms with Crippen molar-refractivity contribution < 1.29 is 14.8 Å². The molecule has 30 heavy (non-hydrogen) atoms. The van der Waals surface area contributed by atoms with E-state index in [4.69, 9.17) is 5.21 Å². The molecular formula is C24H33N3O3. The van der Waals surface area contributed by atoms with Gasteiger partial charge in [-0.15, -0.1) is 0 Å². The van der Waals surface area contributed by atoms with Gasteiger partial charge in [-0.05, 0) is 41.7 Å². The summed E-state index contributed by atoms with van der Waals surface area (Å²) in [7, 11) is 1.78. The maximum atomic E-state index is 12.4. The van der Waals surface area contributed by atoms with Crippen molar-refractivity contribution in [3.8, 4) is 11.1 Å². The first-order valence-electron chi connectivity index (χ1n) is 10.7. The van der Waals surface area contributed by atoms with E-state index in [9.17, 15) is 9.59 Å². The Morgan fingerprint density at radius 2 is 1.70 bits per heavy atom. The zero-order chi connectivity index (χ0) is 21.8. The fourth-order valence-electron chi connectivity index (χ4n) is 3.23. The van der Waals surface area contributed by atoms with Crippen molar-refractivity contribution in [3.05, 3.63) is 54.1 Å². The molecular weight excluding hydrogens is 378 g/mol. The van der Waals surface area contributed by atoms with E-state index in [-0.39, 0.29) is 12.5 Å². The maximum absolute atomic E-state index is 12.4. The number of aryl methyl sites for hydroxylation is 1. The van der Waals surface area contributed by atoms with E-state index in [1.807, 2.05) is 48.5 Å². The van der Waals surface area contributed by atoms with Crippen molar-refractivity contribution in [2.75, 3.05) is 18.5 Å². The van der Waals surface area contributed by atoms with E-state index >= 15 is 0 Å². The molecule has 0 aliphatic heterocycles. The van der Waals surface area contributed by atoms with Crippen LogP contribution in [0.1, 0.15) is 51.0 Å². The lowest BCUT2D eigenvalue weighted by molar-refractivity contribution is -0.129. The summed E-state index contributed by atoms with van der Waals surface area (Å²) in [5.74, 6) is -0.394. The average Bonchev–Trinajstić information content (AvgIpc) is 2.79. The van der Waals surface area contributed by atoms with E-state index in [1.54, 1.807) is 17.4 Å². The molecule has 0 fully saturated rings. The van der Waals surface area contributed by atoms with Crippen molar-refractivity contribution in [2.24, 2.45) is 0 Å². The number of rotatable bonds is 11. The number of carbonyl (C=O) groups is 2. The lowest BCUT2D eigenvalue weighted by Gasteiger charge is -2.19. The van der Waals surface area contributed by atoms with Gasteiger partial charge in [0.2, 0.25) is 5.91 Å². The molecule has 0 aromatic heterocycles. The Hall–Kier alpha value is -2.86. The highest BCUT2D eigenvalue weighted by Crippen LogP contribution is 2.25. The normalized spacial score (nSPS) is 10.5. The summed E-state index contributed by atoms with van der Waals surface area (Å²) < 4.78 is 0. The first kappa shape index (κ1) is 23.4. The van der Waals surface area contributed by atoms with Crippen molar-refractivity contribution in [1.29, 1.82) is 0 Å². The molecule has 0 saturated carbocycles. The van der Waals surface area contributed by atoms with Gasteiger partial charge in [-0.1, -0.05) is 69.0 Å². The SMILES string of the molecule is CCCCCCCNC(=O)N(C)c1cccc(-c2ccc(CCC(=O)NO)cc2)c1. The molecule has 0 atom stereocenters. The molecule has 3 N–H and O–H groups in total. The summed E-state index contributed by atoms with van der Waals surface area (Å²) in [4.78, 5) is 25.2. The number of urea groups is 1. The average molecular weight is 412 g/mol. The van der Waals surface area contributed by atoms with E-state index in [0.29, 0.717) is 13.0 Å². The van der Waals surface area contributed by atoms with Gasteiger partial charge in [-0.3, -0.25) is 14.9 Å². The molecule has 0 saturated heterocycles. The summed E-state index contributed by atoms with van der Waals surface area (Å²) in [5, 5.41) is 11.6. The molecule has 0 heterocycles. The first-order valence-corrected chi connectivity index (χ1v) is 10.7.